The van der Waals surface area contributed by atoms with Crippen LogP contribution >= 0.6 is 11.8 Å². The minimum absolute atomic E-state index is 0.0969. The minimum Gasteiger partial charge on any atom is -0.300 e. The first-order chi connectivity index (χ1) is 10.4. The first kappa shape index (κ1) is 15.0. The summed E-state index contributed by atoms with van der Waals surface area (Å²) in [4.78, 5) is 13.4. The molecule has 0 N–H and O–H groups in total. The standard InChI is InChI=1S/C16H12F3NOS/c17-16(18,19)15(21)20-9-11-3-1-4-12(7-11)10-22-14-6-2-5-13(20)8-14/h1-8H,9-10H2. The van der Waals surface area contributed by atoms with Crippen molar-refractivity contribution in [2.45, 2.75) is 23.4 Å². The zero-order chi connectivity index (χ0) is 15.7. The van der Waals surface area contributed by atoms with Crippen molar-refractivity contribution < 1.29 is 18.0 Å². The Morgan fingerprint density at radius 1 is 1.05 bits per heavy atom. The van der Waals surface area contributed by atoms with Crippen molar-refractivity contribution in [3.63, 3.8) is 0 Å². The molecule has 0 saturated carbocycles. The van der Waals surface area contributed by atoms with Crippen molar-refractivity contribution in [3.8, 4) is 0 Å². The molecule has 0 saturated heterocycles. The van der Waals surface area contributed by atoms with E-state index >= 15 is 0 Å². The molecule has 1 heterocycles. The average Bonchev–Trinajstić information content (AvgIpc) is 2.49. The molecule has 0 fully saturated rings. The molecule has 0 radical (unpaired) electrons. The molecule has 0 unspecified atom stereocenters. The number of amides is 1. The fraction of sp³-hybridized carbons (Fsp3) is 0.188. The van der Waals surface area contributed by atoms with Crippen molar-refractivity contribution in [1.82, 2.24) is 0 Å². The van der Waals surface area contributed by atoms with E-state index in [0.717, 1.165) is 21.1 Å². The molecule has 1 aliphatic heterocycles. The number of anilines is 1. The van der Waals surface area contributed by atoms with Crippen LogP contribution in [-0.4, -0.2) is 12.1 Å². The summed E-state index contributed by atoms with van der Waals surface area (Å²) in [5.41, 5.74) is 1.97. The van der Waals surface area contributed by atoms with E-state index in [9.17, 15) is 18.0 Å². The number of hydrogen-bond donors (Lipinski definition) is 0. The number of nitrogens with zero attached hydrogens (tertiary/aromatic N) is 1. The Morgan fingerprint density at radius 2 is 1.77 bits per heavy atom. The molecule has 1 aliphatic rings. The second kappa shape index (κ2) is 5.68. The second-order valence-corrected chi connectivity index (χ2v) is 6.04. The topological polar surface area (TPSA) is 20.3 Å². The monoisotopic (exact) mass is 323 g/mol. The summed E-state index contributed by atoms with van der Waals surface area (Å²) in [6.07, 6.45) is -4.90. The van der Waals surface area contributed by atoms with Crippen LogP contribution in [0.1, 0.15) is 11.1 Å². The number of carbonyl (C=O) groups is 1. The number of thioether (sulfide) groups is 1. The second-order valence-electron chi connectivity index (χ2n) is 5.00. The molecule has 4 bridgehead atoms. The molecule has 6 heteroatoms. The van der Waals surface area contributed by atoms with Crippen LogP contribution in [0.3, 0.4) is 0 Å². The smallest absolute Gasteiger partial charge is 0.300 e. The molecule has 0 aromatic heterocycles. The van der Waals surface area contributed by atoms with Crippen LogP contribution in [0.4, 0.5) is 18.9 Å². The van der Waals surface area contributed by atoms with Gasteiger partial charge in [-0.1, -0.05) is 30.3 Å². The van der Waals surface area contributed by atoms with Gasteiger partial charge >= 0.3 is 12.1 Å². The summed E-state index contributed by atoms with van der Waals surface area (Å²) in [7, 11) is 0. The lowest BCUT2D eigenvalue weighted by Gasteiger charge is -2.25. The minimum atomic E-state index is -4.90. The SMILES string of the molecule is O=C(N1Cc2cccc(c2)CSc2cccc1c2)C(F)(F)F. The highest BCUT2D eigenvalue weighted by molar-refractivity contribution is 7.98. The average molecular weight is 323 g/mol. The van der Waals surface area contributed by atoms with Crippen LogP contribution in [0.15, 0.2) is 53.4 Å². The summed E-state index contributed by atoms with van der Waals surface area (Å²) in [6, 6.07) is 14.0. The Balaban J connectivity index is 2.08. The fourth-order valence-corrected chi connectivity index (χ4v) is 3.23. The number of rotatable bonds is 0. The largest absolute Gasteiger partial charge is 0.471 e. The first-order valence-electron chi connectivity index (χ1n) is 6.63. The van der Waals surface area contributed by atoms with Gasteiger partial charge in [-0.3, -0.25) is 4.79 Å². The van der Waals surface area contributed by atoms with Gasteiger partial charge in [-0.05, 0) is 29.3 Å². The number of carbonyl (C=O) groups excluding carboxylic acids is 1. The van der Waals surface area contributed by atoms with Crippen LogP contribution in [0, 0.1) is 0 Å². The molecule has 114 valence electrons. The normalized spacial score (nSPS) is 14.6. The van der Waals surface area contributed by atoms with E-state index in [1.807, 2.05) is 18.2 Å². The lowest BCUT2D eigenvalue weighted by molar-refractivity contribution is -0.170. The quantitative estimate of drug-likeness (QED) is 0.717. The first-order valence-corrected chi connectivity index (χ1v) is 7.61. The van der Waals surface area contributed by atoms with Crippen molar-refractivity contribution in [2.75, 3.05) is 4.90 Å². The Kier molecular flexibility index (Phi) is 3.87. The van der Waals surface area contributed by atoms with Crippen LogP contribution in [0.25, 0.3) is 0 Å². The number of fused-ring (bicyclic) bond motifs is 4. The van der Waals surface area contributed by atoms with Gasteiger partial charge in [0, 0.05) is 16.3 Å². The number of hydrogen-bond acceptors (Lipinski definition) is 2. The maximum atomic E-state index is 12.9. The van der Waals surface area contributed by atoms with Crippen LogP contribution in [0.2, 0.25) is 0 Å². The molecule has 0 atom stereocenters. The Labute approximate surface area is 129 Å². The molecule has 2 aromatic rings. The molecule has 0 aliphatic carbocycles. The summed E-state index contributed by atoms with van der Waals surface area (Å²) < 4.78 is 38.7. The molecular formula is C16H12F3NOS. The maximum Gasteiger partial charge on any atom is 0.471 e. The summed E-state index contributed by atoms with van der Waals surface area (Å²) >= 11 is 1.53. The zero-order valence-electron chi connectivity index (χ0n) is 11.4. The van der Waals surface area contributed by atoms with E-state index in [4.69, 9.17) is 0 Å². The van der Waals surface area contributed by atoms with Gasteiger partial charge in [0.2, 0.25) is 0 Å². The lowest BCUT2D eigenvalue weighted by atomic mass is 10.1. The molecule has 0 spiro atoms. The van der Waals surface area contributed by atoms with E-state index in [0.29, 0.717) is 5.56 Å². The van der Waals surface area contributed by atoms with Gasteiger partial charge in [0.15, 0.2) is 0 Å². The highest BCUT2D eigenvalue weighted by atomic mass is 32.2. The number of alkyl halides is 3. The molecule has 2 aromatic carbocycles. The number of halogens is 3. The fourth-order valence-electron chi connectivity index (χ4n) is 2.34. The zero-order valence-corrected chi connectivity index (χ0v) is 12.2. The van der Waals surface area contributed by atoms with Gasteiger partial charge in [0.25, 0.3) is 0 Å². The molecule has 22 heavy (non-hydrogen) atoms. The van der Waals surface area contributed by atoms with E-state index < -0.39 is 12.1 Å². The van der Waals surface area contributed by atoms with Gasteiger partial charge < -0.3 is 4.90 Å². The predicted octanol–water partition coefficient (Wildman–Crippen LogP) is 4.39. The predicted molar refractivity (Wildman–Crippen MR) is 79.7 cm³/mol. The van der Waals surface area contributed by atoms with E-state index in [-0.39, 0.29) is 12.2 Å². The molecule has 2 nitrogen and oxygen atoms in total. The third-order valence-corrected chi connectivity index (χ3v) is 4.42. The van der Waals surface area contributed by atoms with Crippen LogP contribution < -0.4 is 4.90 Å². The van der Waals surface area contributed by atoms with E-state index in [1.54, 1.807) is 24.3 Å². The molecule has 3 rings (SSSR count). The van der Waals surface area contributed by atoms with E-state index in [1.165, 1.54) is 17.8 Å². The van der Waals surface area contributed by atoms with Crippen molar-refractivity contribution >= 4 is 23.4 Å². The Bertz CT molecular complexity index is 715. The van der Waals surface area contributed by atoms with Crippen LogP contribution in [0.5, 0.6) is 0 Å². The third-order valence-electron chi connectivity index (χ3n) is 3.35. The summed E-state index contributed by atoms with van der Waals surface area (Å²) in [5, 5.41) is 0. The van der Waals surface area contributed by atoms with Crippen molar-refractivity contribution in [3.05, 3.63) is 59.7 Å². The highest BCUT2D eigenvalue weighted by Crippen LogP contribution is 2.32. The number of benzene rings is 2. The van der Waals surface area contributed by atoms with Crippen LogP contribution in [-0.2, 0) is 17.1 Å². The molecule has 1 amide bonds. The third kappa shape index (κ3) is 3.11. The van der Waals surface area contributed by atoms with E-state index in [2.05, 4.69) is 0 Å². The summed E-state index contributed by atoms with van der Waals surface area (Å²) in [5.74, 6) is -1.11. The summed E-state index contributed by atoms with van der Waals surface area (Å²) in [6.45, 7) is -0.0969. The highest BCUT2D eigenvalue weighted by Gasteiger charge is 2.43. The Morgan fingerprint density at radius 3 is 2.55 bits per heavy atom. The Hall–Kier alpha value is -1.95. The molecular weight excluding hydrogens is 311 g/mol. The van der Waals surface area contributed by atoms with Gasteiger partial charge in [0.1, 0.15) is 0 Å². The van der Waals surface area contributed by atoms with Crippen molar-refractivity contribution in [1.29, 1.82) is 0 Å². The van der Waals surface area contributed by atoms with Gasteiger partial charge in [0.05, 0.1) is 6.54 Å². The van der Waals surface area contributed by atoms with Gasteiger partial charge in [-0.25, -0.2) is 0 Å². The lowest BCUT2D eigenvalue weighted by Crippen LogP contribution is -2.40. The van der Waals surface area contributed by atoms with Gasteiger partial charge in [-0.2, -0.15) is 13.2 Å². The maximum absolute atomic E-state index is 12.9. The van der Waals surface area contributed by atoms with Crippen molar-refractivity contribution in [2.24, 2.45) is 0 Å². The van der Waals surface area contributed by atoms with Gasteiger partial charge in [-0.15, -0.1) is 11.8 Å².